The Labute approximate surface area is 79.1 Å². The Bertz CT molecular complexity index is 106. The van der Waals surface area contributed by atoms with Crippen LogP contribution in [0, 0.1) is 0 Å². The molecule has 0 aromatic rings. The average Bonchev–Trinajstić information content (AvgIpc) is 2.05. The predicted octanol–water partition coefficient (Wildman–Crippen LogP) is 2.32. The lowest BCUT2D eigenvalue weighted by molar-refractivity contribution is -0.0675. The third-order valence-corrected chi connectivity index (χ3v) is 1.75. The summed E-state index contributed by atoms with van der Waals surface area (Å²) in [6.45, 7) is 4.68. The van der Waals surface area contributed by atoms with Crippen LogP contribution in [0.1, 0.15) is 39.5 Å². The van der Waals surface area contributed by atoms with Crippen molar-refractivity contribution in [2.45, 2.75) is 45.7 Å². The van der Waals surface area contributed by atoms with Crippen LogP contribution < -0.4 is 10.6 Å². The summed E-state index contributed by atoms with van der Waals surface area (Å²) in [5, 5.41) is 4.35. The van der Waals surface area contributed by atoms with Crippen molar-refractivity contribution in [3.05, 3.63) is 0 Å². The molecule has 0 aliphatic carbocycles. The number of unbranched alkanes of at least 4 members (excludes halogenated alkanes) is 2. The molecule has 0 atom stereocenters. The van der Waals surface area contributed by atoms with Gasteiger partial charge in [-0.15, -0.1) is 0 Å². The number of halogens is 2. The van der Waals surface area contributed by atoms with E-state index in [4.69, 9.17) is 0 Å². The Morgan fingerprint density at radius 2 is 1.31 bits per heavy atom. The van der Waals surface area contributed by atoms with E-state index in [1.54, 1.807) is 0 Å². The summed E-state index contributed by atoms with van der Waals surface area (Å²) in [7, 11) is 0. The first kappa shape index (κ1) is 12.8. The highest BCUT2D eigenvalue weighted by molar-refractivity contribution is 4.60. The maximum atomic E-state index is 12.8. The van der Waals surface area contributed by atoms with E-state index in [2.05, 4.69) is 10.6 Å². The van der Waals surface area contributed by atoms with E-state index in [-0.39, 0.29) is 0 Å². The van der Waals surface area contributed by atoms with Crippen LogP contribution in [0.25, 0.3) is 0 Å². The zero-order chi connectivity index (χ0) is 10.2. The van der Waals surface area contributed by atoms with Gasteiger partial charge in [-0.2, -0.15) is 8.78 Å². The molecule has 0 amide bonds. The Balaban J connectivity index is 3.42. The van der Waals surface area contributed by atoms with Crippen molar-refractivity contribution in [1.29, 1.82) is 0 Å². The van der Waals surface area contributed by atoms with Crippen LogP contribution in [0.5, 0.6) is 0 Å². The van der Waals surface area contributed by atoms with Crippen LogP contribution in [0.2, 0.25) is 0 Å². The third-order valence-electron chi connectivity index (χ3n) is 1.75. The third kappa shape index (κ3) is 8.12. The van der Waals surface area contributed by atoms with Gasteiger partial charge in [0.1, 0.15) is 0 Å². The standard InChI is InChI=1S/C9H20F2N2/c1-3-5-7-12-9(10,11)13-8-6-4-2/h12-13H,3-8H2,1-2H3. The quantitative estimate of drug-likeness (QED) is 0.352. The van der Waals surface area contributed by atoms with E-state index in [9.17, 15) is 8.78 Å². The molecule has 4 heteroatoms. The van der Waals surface area contributed by atoms with Gasteiger partial charge >= 0.3 is 6.17 Å². The molecule has 0 saturated heterocycles. The van der Waals surface area contributed by atoms with E-state index in [1.165, 1.54) is 0 Å². The number of hydrogen-bond donors (Lipinski definition) is 2. The summed E-state index contributed by atoms with van der Waals surface area (Å²) in [6, 6.07) is 0. The molecule has 0 radical (unpaired) electrons. The van der Waals surface area contributed by atoms with Crippen LogP contribution in [-0.4, -0.2) is 19.3 Å². The molecular weight excluding hydrogens is 174 g/mol. The summed E-state index contributed by atoms with van der Waals surface area (Å²) in [5.74, 6) is 0. The molecule has 0 aromatic carbocycles. The molecule has 0 spiro atoms. The molecule has 0 aromatic heterocycles. The maximum Gasteiger partial charge on any atom is 0.364 e. The van der Waals surface area contributed by atoms with Crippen molar-refractivity contribution in [2.75, 3.05) is 13.1 Å². The lowest BCUT2D eigenvalue weighted by atomic mass is 10.3. The Morgan fingerprint density at radius 1 is 0.923 bits per heavy atom. The van der Waals surface area contributed by atoms with Gasteiger partial charge in [-0.25, -0.2) is 10.6 Å². The molecular formula is C9H20F2N2. The van der Waals surface area contributed by atoms with Crippen molar-refractivity contribution < 1.29 is 8.78 Å². The second kappa shape index (κ2) is 7.21. The minimum absolute atomic E-state index is 0.364. The molecule has 0 heterocycles. The van der Waals surface area contributed by atoms with Crippen LogP contribution in [0.15, 0.2) is 0 Å². The molecule has 0 rings (SSSR count). The monoisotopic (exact) mass is 194 g/mol. The molecule has 0 unspecified atom stereocenters. The molecule has 0 saturated carbocycles. The number of alkyl halides is 2. The Hall–Kier alpha value is -0.220. The zero-order valence-electron chi connectivity index (χ0n) is 8.50. The van der Waals surface area contributed by atoms with Crippen molar-refractivity contribution in [3.63, 3.8) is 0 Å². The van der Waals surface area contributed by atoms with Crippen molar-refractivity contribution >= 4 is 0 Å². The molecule has 2 nitrogen and oxygen atoms in total. The van der Waals surface area contributed by atoms with E-state index in [0.717, 1.165) is 25.7 Å². The molecule has 0 aliphatic heterocycles. The van der Waals surface area contributed by atoms with Gasteiger partial charge in [0.15, 0.2) is 0 Å². The first-order valence-electron chi connectivity index (χ1n) is 5.00. The lowest BCUT2D eigenvalue weighted by Crippen LogP contribution is -2.50. The fourth-order valence-electron chi connectivity index (χ4n) is 0.907. The smallest absolute Gasteiger partial charge is 0.244 e. The maximum absolute atomic E-state index is 12.8. The number of nitrogens with one attached hydrogen (secondary N) is 2. The molecule has 0 fully saturated rings. The van der Waals surface area contributed by atoms with Crippen LogP contribution in [0.4, 0.5) is 8.78 Å². The summed E-state index contributed by atoms with van der Waals surface area (Å²) < 4.78 is 25.7. The summed E-state index contributed by atoms with van der Waals surface area (Å²) in [5.41, 5.74) is 0. The predicted molar refractivity (Wildman–Crippen MR) is 50.8 cm³/mol. The topological polar surface area (TPSA) is 24.1 Å². The largest absolute Gasteiger partial charge is 0.364 e. The van der Waals surface area contributed by atoms with Crippen molar-refractivity contribution in [3.8, 4) is 0 Å². The SMILES string of the molecule is CCCCNC(F)(F)NCCCC. The highest BCUT2D eigenvalue weighted by Crippen LogP contribution is 2.04. The second-order valence-corrected chi connectivity index (χ2v) is 3.14. The first-order valence-corrected chi connectivity index (χ1v) is 5.00. The fourth-order valence-corrected chi connectivity index (χ4v) is 0.907. The second-order valence-electron chi connectivity index (χ2n) is 3.14. The minimum atomic E-state index is -2.90. The zero-order valence-corrected chi connectivity index (χ0v) is 8.50. The van der Waals surface area contributed by atoms with Crippen LogP contribution in [0.3, 0.4) is 0 Å². The van der Waals surface area contributed by atoms with Crippen LogP contribution >= 0.6 is 0 Å². The molecule has 0 bridgehead atoms. The van der Waals surface area contributed by atoms with E-state index >= 15 is 0 Å². The minimum Gasteiger partial charge on any atom is -0.244 e. The molecule has 13 heavy (non-hydrogen) atoms. The normalized spacial score (nSPS) is 12.0. The van der Waals surface area contributed by atoms with Gasteiger partial charge in [0.05, 0.1) is 0 Å². The highest BCUT2D eigenvalue weighted by Gasteiger charge is 2.25. The van der Waals surface area contributed by atoms with Gasteiger partial charge in [0.25, 0.3) is 0 Å². The van der Waals surface area contributed by atoms with E-state index < -0.39 is 6.17 Å². The van der Waals surface area contributed by atoms with Crippen molar-refractivity contribution in [1.82, 2.24) is 10.6 Å². The van der Waals surface area contributed by atoms with Gasteiger partial charge in [0, 0.05) is 13.1 Å². The average molecular weight is 194 g/mol. The molecule has 80 valence electrons. The van der Waals surface area contributed by atoms with Gasteiger partial charge in [-0.1, -0.05) is 26.7 Å². The van der Waals surface area contributed by atoms with Gasteiger partial charge in [0.2, 0.25) is 0 Å². The summed E-state index contributed by atoms with van der Waals surface area (Å²) in [4.78, 5) is 0. The molecule has 0 aliphatic rings. The van der Waals surface area contributed by atoms with Gasteiger partial charge < -0.3 is 0 Å². The number of rotatable bonds is 8. The Morgan fingerprint density at radius 3 is 1.62 bits per heavy atom. The van der Waals surface area contributed by atoms with E-state index in [0.29, 0.717) is 13.1 Å². The highest BCUT2D eigenvalue weighted by atomic mass is 19.3. The summed E-state index contributed by atoms with van der Waals surface area (Å²) >= 11 is 0. The lowest BCUT2D eigenvalue weighted by Gasteiger charge is -2.18. The summed E-state index contributed by atoms with van der Waals surface area (Å²) in [6.07, 6.45) is 0.524. The van der Waals surface area contributed by atoms with Gasteiger partial charge in [-0.05, 0) is 12.8 Å². The molecule has 2 N–H and O–H groups in total. The van der Waals surface area contributed by atoms with Crippen LogP contribution in [-0.2, 0) is 0 Å². The van der Waals surface area contributed by atoms with Gasteiger partial charge in [-0.3, -0.25) is 0 Å². The van der Waals surface area contributed by atoms with Crippen molar-refractivity contribution in [2.24, 2.45) is 0 Å². The fraction of sp³-hybridized carbons (Fsp3) is 1.00. The first-order chi connectivity index (χ1) is 6.12. The van der Waals surface area contributed by atoms with E-state index in [1.807, 2.05) is 13.8 Å². The number of hydrogen-bond acceptors (Lipinski definition) is 2. The Kier molecular flexibility index (Phi) is 7.09.